The van der Waals surface area contributed by atoms with Gasteiger partial charge in [0.05, 0.1) is 5.88 Å². The molecule has 1 aliphatic rings. The van der Waals surface area contributed by atoms with E-state index in [0.717, 1.165) is 37.6 Å². The molecule has 1 rings (SSSR count). The third-order valence-electron chi connectivity index (χ3n) is 1.85. The summed E-state index contributed by atoms with van der Waals surface area (Å²) in [6, 6.07) is 0.105. The SMILES string of the molecule is CCCCNC(=O)N1CCSC1. The maximum Gasteiger partial charge on any atom is 0.318 e. The van der Waals surface area contributed by atoms with Gasteiger partial charge in [0.15, 0.2) is 0 Å². The fourth-order valence-electron chi connectivity index (χ4n) is 1.06. The zero-order chi connectivity index (χ0) is 8.81. The van der Waals surface area contributed by atoms with Gasteiger partial charge in [-0.25, -0.2) is 4.79 Å². The molecule has 0 atom stereocenters. The summed E-state index contributed by atoms with van der Waals surface area (Å²) in [7, 11) is 0. The lowest BCUT2D eigenvalue weighted by Crippen LogP contribution is -2.38. The molecule has 0 aromatic carbocycles. The van der Waals surface area contributed by atoms with Gasteiger partial charge in [-0.3, -0.25) is 0 Å². The summed E-state index contributed by atoms with van der Waals surface area (Å²) in [5.74, 6) is 1.94. The van der Waals surface area contributed by atoms with Crippen LogP contribution in [0, 0.1) is 0 Å². The minimum atomic E-state index is 0.105. The summed E-state index contributed by atoms with van der Waals surface area (Å²) in [6.07, 6.45) is 2.21. The summed E-state index contributed by atoms with van der Waals surface area (Å²) in [5.41, 5.74) is 0. The third kappa shape index (κ3) is 2.93. The van der Waals surface area contributed by atoms with Crippen molar-refractivity contribution in [2.75, 3.05) is 24.7 Å². The summed E-state index contributed by atoms with van der Waals surface area (Å²) in [6.45, 7) is 3.84. The number of amides is 2. The second-order valence-electron chi connectivity index (χ2n) is 2.89. The van der Waals surface area contributed by atoms with Crippen molar-refractivity contribution in [3.8, 4) is 0 Å². The van der Waals surface area contributed by atoms with Crippen LogP contribution in [-0.2, 0) is 0 Å². The lowest BCUT2D eigenvalue weighted by atomic mass is 10.3. The van der Waals surface area contributed by atoms with E-state index in [1.165, 1.54) is 0 Å². The summed E-state index contributed by atoms with van der Waals surface area (Å²) >= 11 is 1.81. The van der Waals surface area contributed by atoms with E-state index in [1.54, 1.807) is 0 Å². The Morgan fingerprint density at radius 1 is 1.67 bits per heavy atom. The van der Waals surface area contributed by atoms with Crippen LogP contribution in [0.25, 0.3) is 0 Å². The Labute approximate surface area is 77.9 Å². The maximum absolute atomic E-state index is 11.3. The van der Waals surface area contributed by atoms with Crippen molar-refractivity contribution in [1.82, 2.24) is 10.2 Å². The van der Waals surface area contributed by atoms with Crippen molar-refractivity contribution < 1.29 is 4.79 Å². The standard InChI is InChI=1S/C8H16N2OS/c1-2-3-4-9-8(11)10-5-6-12-7-10/h2-7H2,1H3,(H,9,11). The van der Waals surface area contributed by atoms with Gasteiger partial charge in [-0.15, -0.1) is 11.8 Å². The van der Waals surface area contributed by atoms with Crippen molar-refractivity contribution in [3.63, 3.8) is 0 Å². The molecule has 0 saturated carbocycles. The fraction of sp³-hybridized carbons (Fsp3) is 0.875. The molecule has 0 aromatic heterocycles. The number of nitrogens with one attached hydrogen (secondary N) is 1. The number of nitrogens with zero attached hydrogens (tertiary/aromatic N) is 1. The number of hydrogen-bond acceptors (Lipinski definition) is 2. The predicted molar refractivity (Wildman–Crippen MR) is 52.3 cm³/mol. The average Bonchev–Trinajstić information content (AvgIpc) is 2.56. The first-order valence-corrected chi connectivity index (χ1v) is 5.60. The molecule has 70 valence electrons. The number of unbranched alkanes of at least 4 members (excludes halogenated alkanes) is 1. The first kappa shape index (κ1) is 9.71. The second kappa shape index (κ2) is 5.30. The average molecular weight is 188 g/mol. The van der Waals surface area contributed by atoms with Crippen LogP contribution in [0.4, 0.5) is 4.79 Å². The van der Waals surface area contributed by atoms with E-state index in [1.807, 2.05) is 16.7 Å². The van der Waals surface area contributed by atoms with Gasteiger partial charge in [0.2, 0.25) is 0 Å². The van der Waals surface area contributed by atoms with Gasteiger partial charge in [0.1, 0.15) is 0 Å². The van der Waals surface area contributed by atoms with Gasteiger partial charge in [-0.05, 0) is 6.42 Å². The Morgan fingerprint density at radius 2 is 2.50 bits per heavy atom. The minimum absolute atomic E-state index is 0.105. The monoisotopic (exact) mass is 188 g/mol. The molecule has 1 heterocycles. The minimum Gasteiger partial charge on any atom is -0.338 e. The molecule has 12 heavy (non-hydrogen) atoms. The first-order valence-electron chi connectivity index (χ1n) is 4.45. The summed E-state index contributed by atoms with van der Waals surface area (Å²) in [5, 5.41) is 2.90. The van der Waals surface area contributed by atoms with Crippen LogP contribution in [0.15, 0.2) is 0 Å². The number of carbonyl (C=O) groups excluding carboxylic acids is 1. The van der Waals surface area contributed by atoms with Gasteiger partial charge >= 0.3 is 6.03 Å². The molecule has 0 radical (unpaired) electrons. The van der Waals surface area contributed by atoms with Crippen LogP contribution >= 0.6 is 11.8 Å². The van der Waals surface area contributed by atoms with Gasteiger partial charge in [-0.1, -0.05) is 13.3 Å². The normalized spacial score (nSPS) is 16.6. The molecule has 0 unspecified atom stereocenters. The van der Waals surface area contributed by atoms with Crippen LogP contribution in [-0.4, -0.2) is 35.7 Å². The Balaban J connectivity index is 2.10. The van der Waals surface area contributed by atoms with Gasteiger partial charge in [0.25, 0.3) is 0 Å². The van der Waals surface area contributed by atoms with E-state index in [0.29, 0.717) is 0 Å². The highest BCUT2D eigenvalue weighted by Gasteiger charge is 2.16. The van der Waals surface area contributed by atoms with Crippen molar-refractivity contribution in [1.29, 1.82) is 0 Å². The quantitative estimate of drug-likeness (QED) is 0.681. The Morgan fingerprint density at radius 3 is 3.08 bits per heavy atom. The number of carbonyl (C=O) groups is 1. The summed E-state index contributed by atoms with van der Waals surface area (Å²) < 4.78 is 0. The highest BCUT2D eigenvalue weighted by atomic mass is 32.2. The van der Waals surface area contributed by atoms with Crippen LogP contribution in [0.2, 0.25) is 0 Å². The van der Waals surface area contributed by atoms with Crippen molar-refractivity contribution >= 4 is 17.8 Å². The van der Waals surface area contributed by atoms with Gasteiger partial charge < -0.3 is 10.2 Å². The zero-order valence-electron chi connectivity index (χ0n) is 7.51. The number of urea groups is 1. The van der Waals surface area contributed by atoms with E-state index in [9.17, 15) is 4.79 Å². The third-order valence-corrected chi connectivity index (χ3v) is 2.81. The molecule has 0 aliphatic carbocycles. The molecule has 1 N–H and O–H groups in total. The highest BCUT2D eigenvalue weighted by molar-refractivity contribution is 7.99. The summed E-state index contributed by atoms with van der Waals surface area (Å²) in [4.78, 5) is 13.2. The molecular formula is C8H16N2OS. The highest BCUT2D eigenvalue weighted by Crippen LogP contribution is 2.12. The molecule has 0 bridgehead atoms. The maximum atomic E-state index is 11.3. The van der Waals surface area contributed by atoms with E-state index >= 15 is 0 Å². The molecule has 4 heteroatoms. The number of hydrogen-bond donors (Lipinski definition) is 1. The number of thioether (sulfide) groups is 1. The largest absolute Gasteiger partial charge is 0.338 e. The molecule has 0 spiro atoms. The number of rotatable bonds is 3. The van der Waals surface area contributed by atoms with E-state index in [2.05, 4.69) is 12.2 Å². The lowest BCUT2D eigenvalue weighted by Gasteiger charge is -2.14. The van der Waals surface area contributed by atoms with Crippen LogP contribution in [0.5, 0.6) is 0 Å². The molecule has 1 aliphatic heterocycles. The second-order valence-corrected chi connectivity index (χ2v) is 3.96. The van der Waals surface area contributed by atoms with Crippen molar-refractivity contribution in [2.45, 2.75) is 19.8 Å². The molecule has 1 saturated heterocycles. The molecule has 2 amide bonds. The van der Waals surface area contributed by atoms with Crippen LogP contribution < -0.4 is 5.32 Å². The lowest BCUT2D eigenvalue weighted by molar-refractivity contribution is 0.211. The van der Waals surface area contributed by atoms with Gasteiger partial charge in [-0.2, -0.15) is 0 Å². The molecule has 0 aromatic rings. The van der Waals surface area contributed by atoms with Crippen LogP contribution in [0.1, 0.15) is 19.8 Å². The Bertz CT molecular complexity index is 146. The van der Waals surface area contributed by atoms with Crippen molar-refractivity contribution in [2.24, 2.45) is 0 Å². The molecular weight excluding hydrogens is 172 g/mol. The predicted octanol–water partition coefficient (Wildman–Crippen LogP) is 1.50. The molecule has 3 nitrogen and oxygen atoms in total. The molecule has 1 fully saturated rings. The topological polar surface area (TPSA) is 32.3 Å². The van der Waals surface area contributed by atoms with Crippen molar-refractivity contribution in [3.05, 3.63) is 0 Å². The Hall–Kier alpha value is -0.380. The van der Waals surface area contributed by atoms with E-state index in [-0.39, 0.29) is 6.03 Å². The van der Waals surface area contributed by atoms with E-state index < -0.39 is 0 Å². The van der Waals surface area contributed by atoms with Gasteiger partial charge in [0, 0.05) is 18.8 Å². The van der Waals surface area contributed by atoms with Crippen LogP contribution in [0.3, 0.4) is 0 Å². The first-order chi connectivity index (χ1) is 5.84. The Kier molecular flexibility index (Phi) is 4.29. The zero-order valence-corrected chi connectivity index (χ0v) is 8.32. The fourth-order valence-corrected chi connectivity index (χ4v) is 2.00. The van der Waals surface area contributed by atoms with E-state index in [4.69, 9.17) is 0 Å². The smallest absolute Gasteiger partial charge is 0.318 e.